The standard InChI is InChI=1S/C21H22N2O6S/c1-29-16-10-8-15(9-11-16)22-19(24)14-30(27,28)13-5-4-12-23-20(25)17-6-2-3-7-18(17)21(23)26/h2-3,6-11H,4-5,12-14H2,1H3,(H,22,24). The third kappa shape index (κ3) is 5.04. The molecule has 0 aliphatic carbocycles. The lowest BCUT2D eigenvalue weighted by Gasteiger charge is -2.13. The number of sulfone groups is 1. The average molecular weight is 430 g/mol. The number of hydrogen-bond donors (Lipinski definition) is 1. The van der Waals surface area contributed by atoms with Gasteiger partial charge in [-0.05, 0) is 49.2 Å². The predicted molar refractivity (Wildman–Crippen MR) is 111 cm³/mol. The molecule has 1 heterocycles. The maximum Gasteiger partial charge on any atom is 0.261 e. The van der Waals surface area contributed by atoms with Gasteiger partial charge in [-0.15, -0.1) is 0 Å². The van der Waals surface area contributed by atoms with Crippen LogP contribution in [0, 0.1) is 0 Å². The molecular weight excluding hydrogens is 408 g/mol. The highest BCUT2D eigenvalue weighted by Crippen LogP contribution is 2.22. The Kier molecular flexibility index (Phi) is 6.51. The van der Waals surface area contributed by atoms with Crippen molar-refractivity contribution in [1.29, 1.82) is 0 Å². The molecule has 158 valence electrons. The van der Waals surface area contributed by atoms with E-state index in [4.69, 9.17) is 4.74 Å². The van der Waals surface area contributed by atoms with Crippen LogP contribution >= 0.6 is 0 Å². The van der Waals surface area contributed by atoms with Crippen LogP contribution in [0.15, 0.2) is 48.5 Å². The van der Waals surface area contributed by atoms with Crippen molar-refractivity contribution in [3.8, 4) is 5.75 Å². The molecule has 2 aromatic rings. The lowest BCUT2D eigenvalue weighted by atomic mass is 10.1. The first-order chi connectivity index (χ1) is 14.3. The number of amides is 3. The second-order valence-electron chi connectivity index (χ2n) is 6.88. The molecule has 0 unspecified atom stereocenters. The number of nitrogens with one attached hydrogen (secondary N) is 1. The monoisotopic (exact) mass is 430 g/mol. The van der Waals surface area contributed by atoms with Crippen LogP contribution in [0.5, 0.6) is 5.75 Å². The molecule has 2 aromatic carbocycles. The lowest BCUT2D eigenvalue weighted by molar-refractivity contribution is -0.113. The Morgan fingerprint density at radius 1 is 0.967 bits per heavy atom. The summed E-state index contributed by atoms with van der Waals surface area (Å²) >= 11 is 0. The smallest absolute Gasteiger partial charge is 0.261 e. The molecule has 8 nitrogen and oxygen atoms in total. The van der Waals surface area contributed by atoms with E-state index in [0.29, 0.717) is 29.0 Å². The summed E-state index contributed by atoms with van der Waals surface area (Å²) < 4.78 is 29.4. The minimum absolute atomic E-state index is 0.139. The van der Waals surface area contributed by atoms with Gasteiger partial charge in [0.1, 0.15) is 11.5 Å². The zero-order chi connectivity index (χ0) is 21.7. The molecule has 0 radical (unpaired) electrons. The van der Waals surface area contributed by atoms with Crippen LogP contribution in [0.1, 0.15) is 33.6 Å². The van der Waals surface area contributed by atoms with Crippen molar-refractivity contribution in [1.82, 2.24) is 4.90 Å². The molecule has 3 rings (SSSR count). The molecule has 1 N–H and O–H groups in total. The van der Waals surface area contributed by atoms with Crippen molar-refractivity contribution in [2.75, 3.05) is 30.5 Å². The summed E-state index contributed by atoms with van der Waals surface area (Å²) in [5.74, 6) is -1.56. The summed E-state index contributed by atoms with van der Waals surface area (Å²) in [6.07, 6.45) is 0.580. The van der Waals surface area contributed by atoms with Gasteiger partial charge < -0.3 is 10.1 Å². The van der Waals surface area contributed by atoms with Gasteiger partial charge in [-0.3, -0.25) is 19.3 Å². The average Bonchev–Trinajstić information content (AvgIpc) is 2.96. The van der Waals surface area contributed by atoms with Gasteiger partial charge in [0.05, 0.1) is 24.0 Å². The molecular formula is C21H22N2O6S. The van der Waals surface area contributed by atoms with Crippen LogP contribution in [0.2, 0.25) is 0 Å². The van der Waals surface area contributed by atoms with Gasteiger partial charge >= 0.3 is 0 Å². The van der Waals surface area contributed by atoms with Gasteiger partial charge in [0.25, 0.3) is 11.8 Å². The molecule has 0 atom stereocenters. The Morgan fingerprint density at radius 3 is 2.13 bits per heavy atom. The highest BCUT2D eigenvalue weighted by molar-refractivity contribution is 7.92. The van der Waals surface area contributed by atoms with Gasteiger partial charge in [-0.1, -0.05) is 12.1 Å². The SMILES string of the molecule is COc1ccc(NC(=O)CS(=O)(=O)CCCCN2C(=O)c3ccccc3C2=O)cc1. The molecule has 1 aliphatic heterocycles. The fraction of sp³-hybridized carbons (Fsp3) is 0.286. The van der Waals surface area contributed by atoms with E-state index in [-0.39, 0.29) is 30.5 Å². The summed E-state index contributed by atoms with van der Waals surface area (Å²) in [7, 11) is -2.09. The van der Waals surface area contributed by atoms with Crippen molar-refractivity contribution in [2.45, 2.75) is 12.8 Å². The van der Waals surface area contributed by atoms with Crippen LogP contribution in [-0.4, -0.2) is 56.2 Å². The van der Waals surface area contributed by atoms with Gasteiger partial charge in [0.15, 0.2) is 9.84 Å². The highest BCUT2D eigenvalue weighted by atomic mass is 32.2. The number of carbonyl (C=O) groups excluding carboxylic acids is 3. The predicted octanol–water partition coefficient (Wildman–Crippen LogP) is 2.12. The topological polar surface area (TPSA) is 110 Å². The second kappa shape index (κ2) is 9.08. The summed E-state index contributed by atoms with van der Waals surface area (Å²) in [6, 6.07) is 13.1. The number of fused-ring (bicyclic) bond motifs is 1. The Morgan fingerprint density at radius 2 is 1.57 bits per heavy atom. The third-order valence-electron chi connectivity index (χ3n) is 4.69. The summed E-state index contributed by atoms with van der Waals surface area (Å²) in [5, 5.41) is 2.54. The zero-order valence-electron chi connectivity index (χ0n) is 16.5. The second-order valence-corrected chi connectivity index (χ2v) is 9.07. The lowest BCUT2D eigenvalue weighted by Crippen LogP contribution is -2.31. The van der Waals surface area contributed by atoms with Crippen LogP contribution < -0.4 is 10.1 Å². The Hall–Kier alpha value is -3.20. The largest absolute Gasteiger partial charge is 0.497 e. The van der Waals surface area contributed by atoms with E-state index < -0.39 is 21.5 Å². The van der Waals surface area contributed by atoms with Crippen molar-refractivity contribution in [2.24, 2.45) is 0 Å². The normalized spacial score (nSPS) is 13.3. The summed E-state index contributed by atoms with van der Waals surface area (Å²) in [4.78, 5) is 37.7. The minimum Gasteiger partial charge on any atom is -0.497 e. The molecule has 1 aliphatic rings. The van der Waals surface area contributed by atoms with Gasteiger partial charge in [-0.2, -0.15) is 0 Å². The fourth-order valence-electron chi connectivity index (χ4n) is 3.18. The minimum atomic E-state index is -3.62. The van der Waals surface area contributed by atoms with Crippen molar-refractivity contribution in [3.05, 3.63) is 59.7 Å². The molecule has 3 amide bonds. The molecule has 0 fully saturated rings. The Balaban J connectivity index is 1.44. The van der Waals surface area contributed by atoms with Crippen LogP contribution in [0.3, 0.4) is 0 Å². The third-order valence-corrected chi connectivity index (χ3v) is 6.30. The number of carbonyl (C=O) groups is 3. The van der Waals surface area contributed by atoms with Crippen LogP contribution in [0.25, 0.3) is 0 Å². The van der Waals surface area contributed by atoms with Crippen molar-refractivity contribution >= 4 is 33.2 Å². The Bertz CT molecular complexity index is 1030. The van der Waals surface area contributed by atoms with Crippen molar-refractivity contribution in [3.63, 3.8) is 0 Å². The summed E-state index contributed by atoms with van der Waals surface area (Å²) in [6.45, 7) is 0.139. The van der Waals surface area contributed by atoms with Gasteiger partial charge in [-0.25, -0.2) is 8.42 Å². The van der Waals surface area contributed by atoms with E-state index in [1.807, 2.05) is 0 Å². The van der Waals surface area contributed by atoms with E-state index in [0.717, 1.165) is 4.90 Å². The first-order valence-corrected chi connectivity index (χ1v) is 11.2. The molecule has 0 saturated carbocycles. The molecule has 0 aromatic heterocycles. The number of benzene rings is 2. The number of rotatable bonds is 9. The van der Waals surface area contributed by atoms with E-state index in [1.54, 1.807) is 48.5 Å². The maximum absolute atomic E-state index is 12.3. The van der Waals surface area contributed by atoms with Crippen molar-refractivity contribution < 1.29 is 27.5 Å². The van der Waals surface area contributed by atoms with E-state index in [2.05, 4.69) is 5.32 Å². The fourth-order valence-corrected chi connectivity index (χ4v) is 4.44. The van der Waals surface area contributed by atoms with Crippen LogP contribution in [-0.2, 0) is 14.6 Å². The Labute approximate surface area is 174 Å². The van der Waals surface area contributed by atoms with E-state index >= 15 is 0 Å². The number of methoxy groups -OCH3 is 1. The van der Waals surface area contributed by atoms with E-state index in [1.165, 1.54) is 7.11 Å². The first-order valence-electron chi connectivity index (χ1n) is 9.40. The number of hydrogen-bond acceptors (Lipinski definition) is 6. The number of ether oxygens (including phenoxy) is 1. The maximum atomic E-state index is 12.3. The molecule has 0 saturated heterocycles. The number of nitrogens with zero attached hydrogens (tertiary/aromatic N) is 1. The molecule has 0 spiro atoms. The quantitative estimate of drug-likeness (QED) is 0.482. The molecule has 30 heavy (non-hydrogen) atoms. The molecule has 0 bridgehead atoms. The number of imide groups is 1. The van der Waals surface area contributed by atoms with Gasteiger partial charge in [0, 0.05) is 12.2 Å². The molecule has 9 heteroatoms. The zero-order valence-corrected chi connectivity index (χ0v) is 17.3. The summed E-state index contributed by atoms with van der Waals surface area (Å²) in [5.41, 5.74) is 1.21. The number of unbranched alkanes of at least 4 members (excludes halogenated alkanes) is 1. The van der Waals surface area contributed by atoms with Crippen LogP contribution in [0.4, 0.5) is 5.69 Å². The van der Waals surface area contributed by atoms with Gasteiger partial charge in [0.2, 0.25) is 5.91 Å². The first kappa shape index (κ1) is 21.5. The van der Waals surface area contributed by atoms with E-state index in [9.17, 15) is 22.8 Å². The highest BCUT2D eigenvalue weighted by Gasteiger charge is 2.34. The number of anilines is 1.